The van der Waals surface area contributed by atoms with Crippen molar-refractivity contribution in [1.82, 2.24) is 15.5 Å². The van der Waals surface area contributed by atoms with Crippen molar-refractivity contribution >= 4 is 11.8 Å². The van der Waals surface area contributed by atoms with Gasteiger partial charge in [0.25, 0.3) is 0 Å². The SMILES string of the molecule is O=C(NCc1ccccc1CN1CCCC1=O)C1CCNC1. The predicted molar refractivity (Wildman–Crippen MR) is 83.9 cm³/mol. The second-order valence-electron chi connectivity index (χ2n) is 6.10. The molecule has 0 radical (unpaired) electrons. The van der Waals surface area contributed by atoms with Crippen molar-refractivity contribution in [3.63, 3.8) is 0 Å². The Morgan fingerprint density at radius 2 is 2.14 bits per heavy atom. The van der Waals surface area contributed by atoms with Gasteiger partial charge >= 0.3 is 0 Å². The minimum absolute atomic E-state index is 0.0901. The number of hydrogen-bond acceptors (Lipinski definition) is 3. The molecule has 2 amide bonds. The first kappa shape index (κ1) is 15.0. The highest BCUT2D eigenvalue weighted by molar-refractivity contribution is 5.79. The lowest BCUT2D eigenvalue weighted by atomic mass is 10.1. The van der Waals surface area contributed by atoms with Crippen LogP contribution in [0.4, 0.5) is 0 Å². The third-order valence-electron chi connectivity index (χ3n) is 4.54. The molecule has 0 saturated carbocycles. The monoisotopic (exact) mass is 301 g/mol. The maximum atomic E-state index is 12.1. The van der Waals surface area contributed by atoms with Crippen molar-refractivity contribution in [3.8, 4) is 0 Å². The summed E-state index contributed by atoms with van der Waals surface area (Å²) >= 11 is 0. The van der Waals surface area contributed by atoms with Gasteiger partial charge in [-0.05, 0) is 30.5 Å². The van der Waals surface area contributed by atoms with Crippen molar-refractivity contribution in [3.05, 3.63) is 35.4 Å². The molecule has 22 heavy (non-hydrogen) atoms. The van der Waals surface area contributed by atoms with E-state index in [-0.39, 0.29) is 17.7 Å². The van der Waals surface area contributed by atoms with Gasteiger partial charge in [0.05, 0.1) is 5.92 Å². The van der Waals surface area contributed by atoms with Crippen LogP contribution in [0.25, 0.3) is 0 Å². The van der Waals surface area contributed by atoms with E-state index in [1.807, 2.05) is 29.2 Å². The van der Waals surface area contributed by atoms with Crippen molar-refractivity contribution in [1.29, 1.82) is 0 Å². The van der Waals surface area contributed by atoms with Crippen molar-refractivity contribution < 1.29 is 9.59 Å². The van der Waals surface area contributed by atoms with E-state index in [1.165, 1.54) is 0 Å². The number of likely N-dealkylation sites (tertiary alicyclic amines) is 1. The molecule has 0 aliphatic carbocycles. The molecule has 5 heteroatoms. The Balaban J connectivity index is 1.60. The van der Waals surface area contributed by atoms with Gasteiger partial charge in [-0.25, -0.2) is 0 Å². The van der Waals surface area contributed by atoms with Crippen LogP contribution in [0.5, 0.6) is 0 Å². The highest BCUT2D eigenvalue weighted by atomic mass is 16.2. The molecule has 2 N–H and O–H groups in total. The first-order chi connectivity index (χ1) is 10.7. The Hall–Kier alpha value is -1.88. The van der Waals surface area contributed by atoms with E-state index >= 15 is 0 Å². The van der Waals surface area contributed by atoms with E-state index in [9.17, 15) is 9.59 Å². The van der Waals surface area contributed by atoms with Crippen LogP contribution >= 0.6 is 0 Å². The molecule has 118 valence electrons. The van der Waals surface area contributed by atoms with Crippen LogP contribution in [0.3, 0.4) is 0 Å². The Labute approximate surface area is 131 Å². The zero-order chi connectivity index (χ0) is 15.4. The first-order valence-corrected chi connectivity index (χ1v) is 8.07. The van der Waals surface area contributed by atoms with Gasteiger partial charge in [0, 0.05) is 32.6 Å². The Bertz CT molecular complexity index is 553. The summed E-state index contributed by atoms with van der Waals surface area (Å²) in [5.41, 5.74) is 2.23. The van der Waals surface area contributed by atoms with Gasteiger partial charge in [0.15, 0.2) is 0 Å². The topological polar surface area (TPSA) is 61.4 Å². The molecule has 2 fully saturated rings. The summed E-state index contributed by atoms with van der Waals surface area (Å²) in [5.74, 6) is 0.445. The Morgan fingerprint density at radius 3 is 2.82 bits per heavy atom. The van der Waals surface area contributed by atoms with Crippen LogP contribution < -0.4 is 10.6 Å². The molecule has 1 aromatic rings. The van der Waals surface area contributed by atoms with E-state index in [0.29, 0.717) is 19.5 Å². The van der Waals surface area contributed by atoms with Crippen molar-refractivity contribution in [2.24, 2.45) is 5.92 Å². The molecule has 0 bridgehead atoms. The number of nitrogens with zero attached hydrogens (tertiary/aromatic N) is 1. The van der Waals surface area contributed by atoms with Gasteiger partial charge in [-0.1, -0.05) is 24.3 Å². The predicted octanol–water partition coefficient (Wildman–Crippen LogP) is 1.03. The molecule has 1 atom stereocenters. The lowest BCUT2D eigenvalue weighted by Crippen LogP contribution is -2.32. The molecular formula is C17H23N3O2. The maximum absolute atomic E-state index is 12.1. The molecule has 0 aromatic heterocycles. The fourth-order valence-corrected chi connectivity index (χ4v) is 3.17. The van der Waals surface area contributed by atoms with Gasteiger partial charge in [-0.15, -0.1) is 0 Å². The van der Waals surface area contributed by atoms with Gasteiger partial charge in [0.1, 0.15) is 0 Å². The summed E-state index contributed by atoms with van der Waals surface area (Å²) < 4.78 is 0. The van der Waals surface area contributed by atoms with E-state index < -0.39 is 0 Å². The zero-order valence-electron chi connectivity index (χ0n) is 12.8. The fraction of sp³-hybridized carbons (Fsp3) is 0.529. The van der Waals surface area contributed by atoms with E-state index in [2.05, 4.69) is 10.6 Å². The van der Waals surface area contributed by atoms with E-state index in [1.54, 1.807) is 0 Å². The minimum Gasteiger partial charge on any atom is -0.352 e. The van der Waals surface area contributed by atoms with Crippen LogP contribution in [-0.2, 0) is 22.7 Å². The van der Waals surface area contributed by atoms with Gasteiger partial charge in [-0.3, -0.25) is 9.59 Å². The molecule has 1 unspecified atom stereocenters. The third kappa shape index (κ3) is 3.47. The largest absolute Gasteiger partial charge is 0.352 e. The average molecular weight is 301 g/mol. The summed E-state index contributed by atoms with van der Waals surface area (Å²) in [6.45, 7) is 3.72. The molecule has 0 spiro atoms. The van der Waals surface area contributed by atoms with Gasteiger partial charge in [0.2, 0.25) is 11.8 Å². The quantitative estimate of drug-likeness (QED) is 0.854. The number of benzene rings is 1. The molecular weight excluding hydrogens is 278 g/mol. The fourth-order valence-electron chi connectivity index (χ4n) is 3.17. The molecule has 1 aromatic carbocycles. The normalized spacial score (nSPS) is 21.4. The second kappa shape index (κ2) is 6.92. The average Bonchev–Trinajstić information content (AvgIpc) is 3.19. The van der Waals surface area contributed by atoms with E-state index in [4.69, 9.17) is 0 Å². The van der Waals surface area contributed by atoms with Crippen LogP contribution in [0.1, 0.15) is 30.4 Å². The van der Waals surface area contributed by atoms with Gasteiger partial charge < -0.3 is 15.5 Å². The molecule has 5 nitrogen and oxygen atoms in total. The summed E-state index contributed by atoms with van der Waals surface area (Å²) in [5, 5.41) is 6.25. The van der Waals surface area contributed by atoms with Crippen LogP contribution in [-0.4, -0.2) is 36.3 Å². The smallest absolute Gasteiger partial charge is 0.224 e. The lowest BCUT2D eigenvalue weighted by molar-refractivity contribution is -0.128. The summed E-state index contributed by atoms with van der Waals surface area (Å²) in [4.78, 5) is 25.8. The summed E-state index contributed by atoms with van der Waals surface area (Å²) in [6, 6.07) is 8.04. The summed E-state index contributed by atoms with van der Waals surface area (Å²) in [7, 11) is 0. The van der Waals surface area contributed by atoms with Crippen LogP contribution in [0.15, 0.2) is 24.3 Å². The Kier molecular flexibility index (Phi) is 4.73. The number of hydrogen-bond donors (Lipinski definition) is 2. The van der Waals surface area contributed by atoms with E-state index in [0.717, 1.165) is 43.6 Å². The standard InChI is InChI=1S/C17H23N3O2/c21-16-6-3-9-20(16)12-15-5-2-1-4-13(15)11-19-17(22)14-7-8-18-10-14/h1-2,4-5,14,18H,3,6-12H2,(H,19,22). The Morgan fingerprint density at radius 1 is 1.32 bits per heavy atom. The first-order valence-electron chi connectivity index (χ1n) is 8.07. The summed E-state index contributed by atoms with van der Waals surface area (Å²) in [6.07, 6.45) is 2.52. The highest BCUT2D eigenvalue weighted by Crippen LogP contribution is 2.17. The number of rotatable bonds is 5. The number of carbonyl (C=O) groups excluding carboxylic acids is 2. The van der Waals surface area contributed by atoms with Crippen LogP contribution in [0.2, 0.25) is 0 Å². The molecule has 2 aliphatic heterocycles. The number of nitrogens with one attached hydrogen (secondary N) is 2. The van der Waals surface area contributed by atoms with Gasteiger partial charge in [-0.2, -0.15) is 0 Å². The maximum Gasteiger partial charge on any atom is 0.224 e. The molecule has 2 aliphatic rings. The number of amides is 2. The number of carbonyl (C=O) groups is 2. The molecule has 2 saturated heterocycles. The zero-order valence-corrected chi connectivity index (χ0v) is 12.8. The van der Waals surface area contributed by atoms with Crippen LogP contribution in [0, 0.1) is 5.92 Å². The second-order valence-corrected chi connectivity index (χ2v) is 6.10. The molecule has 3 rings (SSSR count). The minimum atomic E-state index is 0.0901. The third-order valence-corrected chi connectivity index (χ3v) is 4.54. The molecule has 2 heterocycles. The highest BCUT2D eigenvalue weighted by Gasteiger charge is 2.23. The lowest BCUT2D eigenvalue weighted by Gasteiger charge is -2.18. The van der Waals surface area contributed by atoms with Crippen molar-refractivity contribution in [2.75, 3.05) is 19.6 Å². The van der Waals surface area contributed by atoms with Crippen molar-refractivity contribution in [2.45, 2.75) is 32.4 Å².